The Morgan fingerprint density at radius 3 is 2.80 bits per heavy atom. The van der Waals surface area contributed by atoms with Gasteiger partial charge in [-0.25, -0.2) is 0 Å². The predicted molar refractivity (Wildman–Crippen MR) is 80.0 cm³/mol. The number of rotatable bonds is 2. The van der Waals surface area contributed by atoms with Gasteiger partial charge < -0.3 is 21.1 Å². The van der Waals surface area contributed by atoms with E-state index in [0.29, 0.717) is 23.2 Å². The van der Waals surface area contributed by atoms with E-state index in [9.17, 15) is 4.79 Å². The molecule has 1 aromatic carbocycles. The molecule has 1 aromatic rings. The molecule has 5 nitrogen and oxygen atoms in total. The van der Waals surface area contributed by atoms with Crippen molar-refractivity contribution in [1.29, 1.82) is 0 Å². The Morgan fingerprint density at radius 2 is 2.05 bits per heavy atom. The first-order valence-electron chi connectivity index (χ1n) is 7.24. The van der Waals surface area contributed by atoms with Crippen LogP contribution in [-0.2, 0) is 4.79 Å². The van der Waals surface area contributed by atoms with E-state index in [1.165, 1.54) is 25.7 Å². The number of hydrogen-bond donors (Lipinski definition) is 3. The maximum Gasteiger partial charge on any atom is 0.262 e. The predicted octanol–water partition coefficient (Wildman–Crippen LogP) is 2.59. The number of carbonyl (C=O) groups is 1. The molecular formula is C15H21N3O2. The van der Waals surface area contributed by atoms with Crippen LogP contribution in [-0.4, -0.2) is 18.6 Å². The summed E-state index contributed by atoms with van der Waals surface area (Å²) >= 11 is 0. The van der Waals surface area contributed by atoms with Crippen molar-refractivity contribution >= 4 is 23.0 Å². The number of amides is 1. The Morgan fingerprint density at radius 1 is 1.30 bits per heavy atom. The summed E-state index contributed by atoms with van der Waals surface area (Å²) in [7, 11) is 0. The Hall–Kier alpha value is -1.91. The van der Waals surface area contributed by atoms with Gasteiger partial charge in [0, 0.05) is 12.1 Å². The van der Waals surface area contributed by atoms with E-state index in [0.717, 1.165) is 11.6 Å². The number of nitrogens with one attached hydrogen (secondary N) is 2. The molecule has 108 valence electrons. The standard InChI is InChI=1S/C15H21N3O2/c1-9-2-4-10(5-3-9)17-12-7-13-14(6-11(12)16)20-8-15(19)18-13/h6-7,9-10,17H,2-5,8,16H2,1H3,(H,18,19). The maximum absolute atomic E-state index is 11.4. The van der Waals surface area contributed by atoms with E-state index in [-0.39, 0.29) is 12.5 Å². The fourth-order valence-electron chi connectivity index (χ4n) is 2.89. The van der Waals surface area contributed by atoms with Gasteiger partial charge in [0.15, 0.2) is 6.61 Å². The molecule has 3 rings (SSSR count). The second kappa shape index (κ2) is 5.23. The molecule has 1 amide bonds. The van der Waals surface area contributed by atoms with Gasteiger partial charge in [-0.2, -0.15) is 0 Å². The zero-order valence-corrected chi connectivity index (χ0v) is 11.7. The van der Waals surface area contributed by atoms with E-state index >= 15 is 0 Å². The Bertz CT molecular complexity index is 522. The first kappa shape index (κ1) is 13.1. The van der Waals surface area contributed by atoms with Crippen molar-refractivity contribution in [3.8, 4) is 5.75 Å². The number of nitrogens with two attached hydrogens (primary N) is 1. The number of nitrogen functional groups attached to an aromatic ring is 1. The molecule has 5 heteroatoms. The fraction of sp³-hybridized carbons (Fsp3) is 0.533. The molecule has 0 spiro atoms. The molecular weight excluding hydrogens is 254 g/mol. The monoisotopic (exact) mass is 275 g/mol. The van der Waals surface area contributed by atoms with Gasteiger partial charge in [0.1, 0.15) is 5.75 Å². The highest BCUT2D eigenvalue weighted by Gasteiger charge is 2.21. The van der Waals surface area contributed by atoms with Crippen LogP contribution in [0.2, 0.25) is 0 Å². The van der Waals surface area contributed by atoms with Crippen LogP contribution in [0.25, 0.3) is 0 Å². The second-order valence-corrected chi connectivity index (χ2v) is 5.87. The van der Waals surface area contributed by atoms with Crippen molar-refractivity contribution in [1.82, 2.24) is 0 Å². The van der Waals surface area contributed by atoms with E-state index < -0.39 is 0 Å². The van der Waals surface area contributed by atoms with E-state index in [4.69, 9.17) is 10.5 Å². The van der Waals surface area contributed by atoms with E-state index in [1.54, 1.807) is 6.07 Å². The van der Waals surface area contributed by atoms with Gasteiger partial charge in [0.2, 0.25) is 0 Å². The quantitative estimate of drug-likeness (QED) is 0.725. The number of hydrogen-bond acceptors (Lipinski definition) is 4. The van der Waals surface area contributed by atoms with Crippen molar-refractivity contribution in [3.05, 3.63) is 12.1 Å². The maximum atomic E-state index is 11.4. The third-order valence-electron chi connectivity index (χ3n) is 4.16. The van der Waals surface area contributed by atoms with Crippen LogP contribution in [0.4, 0.5) is 17.1 Å². The lowest BCUT2D eigenvalue weighted by molar-refractivity contribution is -0.118. The van der Waals surface area contributed by atoms with Crippen molar-refractivity contribution in [2.75, 3.05) is 23.0 Å². The van der Waals surface area contributed by atoms with Crippen molar-refractivity contribution in [2.45, 2.75) is 38.6 Å². The average molecular weight is 275 g/mol. The minimum absolute atomic E-state index is 0.0553. The SMILES string of the molecule is CC1CCC(Nc2cc3c(cc2N)OCC(=O)N3)CC1. The zero-order valence-electron chi connectivity index (χ0n) is 11.7. The molecule has 1 aliphatic heterocycles. The molecule has 2 aliphatic rings. The lowest BCUT2D eigenvalue weighted by Crippen LogP contribution is -2.27. The molecule has 1 heterocycles. The lowest BCUT2D eigenvalue weighted by atomic mass is 9.87. The fourth-order valence-corrected chi connectivity index (χ4v) is 2.89. The largest absolute Gasteiger partial charge is 0.482 e. The number of ether oxygens (including phenoxy) is 1. The Balaban J connectivity index is 1.76. The van der Waals surface area contributed by atoms with Gasteiger partial charge >= 0.3 is 0 Å². The molecule has 1 saturated carbocycles. The van der Waals surface area contributed by atoms with Gasteiger partial charge in [0.05, 0.1) is 17.1 Å². The first-order valence-corrected chi connectivity index (χ1v) is 7.24. The van der Waals surface area contributed by atoms with Crippen molar-refractivity contribution in [2.24, 2.45) is 5.92 Å². The van der Waals surface area contributed by atoms with E-state index in [1.807, 2.05) is 6.07 Å². The molecule has 0 aromatic heterocycles. The number of anilines is 3. The highest BCUT2D eigenvalue weighted by atomic mass is 16.5. The van der Waals surface area contributed by atoms with Crippen LogP contribution in [0.3, 0.4) is 0 Å². The number of fused-ring (bicyclic) bond motifs is 1. The summed E-state index contributed by atoms with van der Waals surface area (Å²) in [5.41, 5.74) is 8.31. The molecule has 0 atom stereocenters. The van der Waals surface area contributed by atoms with Crippen molar-refractivity contribution in [3.63, 3.8) is 0 Å². The molecule has 4 N–H and O–H groups in total. The van der Waals surface area contributed by atoms with Crippen LogP contribution < -0.4 is 21.1 Å². The molecule has 1 aliphatic carbocycles. The molecule has 0 radical (unpaired) electrons. The Labute approximate surface area is 118 Å². The van der Waals surface area contributed by atoms with Crippen LogP contribution in [0.15, 0.2) is 12.1 Å². The summed E-state index contributed by atoms with van der Waals surface area (Å²) in [6.45, 7) is 2.36. The summed E-state index contributed by atoms with van der Waals surface area (Å²) in [5.74, 6) is 1.34. The minimum Gasteiger partial charge on any atom is -0.482 e. The molecule has 20 heavy (non-hydrogen) atoms. The summed E-state index contributed by atoms with van der Waals surface area (Å²) in [6, 6.07) is 4.12. The van der Waals surface area contributed by atoms with Gasteiger partial charge in [0.25, 0.3) is 5.91 Å². The number of benzene rings is 1. The van der Waals surface area contributed by atoms with Gasteiger partial charge in [-0.05, 0) is 37.7 Å². The zero-order chi connectivity index (χ0) is 14.1. The summed E-state index contributed by atoms with van der Waals surface area (Å²) in [5, 5.41) is 6.32. The smallest absolute Gasteiger partial charge is 0.262 e. The molecule has 0 unspecified atom stereocenters. The van der Waals surface area contributed by atoms with Crippen LogP contribution in [0, 0.1) is 5.92 Å². The molecule has 0 saturated heterocycles. The number of carbonyl (C=O) groups excluding carboxylic acids is 1. The van der Waals surface area contributed by atoms with Crippen LogP contribution in [0.1, 0.15) is 32.6 Å². The van der Waals surface area contributed by atoms with Gasteiger partial charge in [-0.3, -0.25) is 4.79 Å². The lowest BCUT2D eigenvalue weighted by Gasteiger charge is -2.29. The minimum atomic E-state index is -0.125. The third-order valence-corrected chi connectivity index (χ3v) is 4.16. The summed E-state index contributed by atoms with van der Waals surface area (Å²) in [4.78, 5) is 11.4. The van der Waals surface area contributed by atoms with Gasteiger partial charge in [-0.1, -0.05) is 6.92 Å². The Kier molecular flexibility index (Phi) is 3.42. The second-order valence-electron chi connectivity index (χ2n) is 5.87. The molecule has 1 fully saturated rings. The normalized spacial score (nSPS) is 25.4. The third kappa shape index (κ3) is 2.66. The topological polar surface area (TPSA) is 76.4 Å². The van der Waals surface area contributed by atoms with Gasteiger partial charge in [-0.15, -0.1) is 0 Å². The van der Waals surface area contributed by atoms with Crippen LogP contribution in [0.5, 0.6) is 5.75 Å². The summed E-state index contributed by atoms with van der Waals surface area (Å²) < 4.78 is 5.36. The van der Waals surface area contributed by atoms with Crippen LogP contribution >= 0.6 is 0 Å². The molecule has 0 bridgehead atoms. The highest BCUT2D eigenvalue weighted by molar-refractivity contribution is 5.97. The highest BCUT2D eigenvalue weighted by Crippen LogP contribution is 2.36. The van der Waals surface area contributed by atoms with Crippen molar-refractivity contribution < 1.29 is 9.53 Å². The van der Waals surface area contributed by atoms with E-state index in [2.05, 4.69) is 17.6 Å². The average Bonchev–Trinajstić information content (AvgIpc) is 2.42. The summed E-state index contributed by atoms with van der Waals surface area (Å²) in [6.07, 6.45) is 4.84. The first-order chi connectivity index (χ1) is 9.61.